The number of aromatic nitrogens is 4. The van der Waals surface area contributed by atoms with Gasteiger partial charge >= 0.3 is 6.09 Å². The molecule has 3 aromatic rings. The van der Waals surface area contributed by atoms with Crippen molar-refractivity contribution in [1.29, 1.82) is 0 Å². The van der Waals surface area contributed by atoms with E-state index in [2.05, 4.69) is 36.3 Å². The van der Waals surface area contributed by atoms with Crippen LogP contribution in [0.1, 0.15) is 5.56 Å². The summed E-state index contributed by atoms with van der Waals surface area (Å²) >= 11 is 9.18. The molecule has 0 aliphatic rings. The molecule has 0 atom stereocenters. The summed E-state index contributed by atoms with van der Waals surface area (Å²) in [6, 6.07) is 9.37. The van der Waals surface area contributed by atoms with Crippen molar-refractivity contribution in [3.05, 3.63) is 45.8 Å². The minimum Gasteiger partial charge on any atom is -0.444 e. The summed E-state index contributed by atoms with van der Waals surface area (Å²) in [4.78, 5) is 20.1. The van der Waals surface area contributed by atoms with E-state index in [9.17, 15) is 4.79 Å². The second-order valence-electron chi connectivity index (χ2n) is 4.64. The lowest BCUT2D eigenvalue weighted by Gasteiger charge is -2.08. The second-order valence-corrected chi connectivity index (χ2v) is 5.73. The third-order valence-electron chi connectivity index (χ3n) is 3.05. The largest absolute Gasteiger partial charge is 0.444 e. The summed E-state index contributed by atoms with van der Waals surface area (Å²) in [5.41, 5.74) is 1.93. The van der Waals surface area contributed by atoms with Crippen LogP contribution in [0.25, 0.3) is 11.0 Å². The summed E-state index contributed by atoms with van der Waals surface area (Å²) in [6.07, 6.45) is -0.637. The van der Waals surface area contributed by atoms with Crippen LogP contribution < -0.4 is 5.32 Å². The monoisotopic (exact) mass is 395 g/mol. The van der Waals surface area contributed by atoms with E-state index in [1.54, 1.807) is 11.7 Å². The van der Waals surface area contributed by atoms with Crippen LogP contribution in [0.5, 0.6) is 0 Å². The molecule has 0 unspecified atom stereocenters. The van der Waals surface area contributed by atoms with Crippen molar-refractivity contribution < 1.29 is 9.53 Å². The highest BCUT2D eigenvalue weighted by Gasteiger charge is 2.17. The Morgan fingerprint density at radius 3 is 2.83 bits per heavy atom. The molecule has 0 aliphatic carbocycles. The number of carbonyl (C=O) groups excluding carboxylic acids is 1. The van der Waals surface area contributed by atoms with Crippen molar-refractivity contribution in [3.8, 4) is 0 Å². The third-order valence-corrected chi connectivity index (χ3v) is 3.75. The fraction of sp³-hybridized carbons (Fsp3) is 0.143. The number of anilines is 1. The molecule has 0 saturated carbocycles. The Bertz CT molecular complexity index is 868. The number of aryl methyl sites for hydroxylation is 1. The average molecular weight is 397 g/mol. The van der Waals surface area contributed by atoms with Crippen LogP contribution in [0, 0.1) is 0 Å². The smallest absolute Gasteiger partial charge is 0.413 e. The van der Waals surface area contributed by atoms with Crippen molar-refractivity contribution in [2.45, 2.75) is 6.61 Å². The van der Waals surface area contributed by atoms with Gasteiger partial charge in [0.15, 0.2) is 10.4 Å². The predicted octanol–water partition coefficient (Wildman–Crippen LogP) is 3.53. The SMILES string of the molecule is Cn1nc(Br)c2nc(Cl)nc(NC(=O)OCc3ccccc3)c21. The van der Waals surface area contributed by atoms with Gasteiger partial charge < -0.3 is 4.74 Å². The molecule has 0 bridgehead atoms. The van der Waals surface area contributed by atoms with Gasteiger partial charge in [0, 0.05) is 7.05 Å². The number of nitrogens with one attached hydrogen (secondary N) is 1. The standard InChI is InChI=1S/C14H11BrClN5O2/c1-21-10-9(11(15)20-21)17-13(16)18-12(10)19-14(22)23-7-8-5-3-2-4-6-8/h2-6H,7H2,1H3,(H,17,18,19,22). The van der Waals surface area contributed by atoms with Crippen molar-refractivity contribution in [3.63, 3.8) is 0 Å². The maximum absolute atomic E-state index is 12.0. The summed E-state index contributed by atoms with van der Waals surface area (Å²) in [7, 11) is 1.71. The van der Waals surface area contributed by atoms with Crippen LogP contribution in [-0.2, 0) is 18.4 Å². The lowest BCUT2D eigenvalue weighted by Crippen LogP contribution is -2.15. The van der Waals surface area contributed by atoms with Gasteiger partial charge in [-0.05, 0) is 33.1 Å². The van der Waals surface area contributed by atoms with Crippen LogP contribution >= 0.6 is 27.5 Å². The van der Waals surface area contributed by atoms with E-state index in [4.69, 9.17) is 16.3 Å². The van der Waals surface area contributed by atoms with Crippen LogP contribution in [-0.4, -0.2) is 25.8 Å². The van der Waals surface area contributed by atoms with Gasteiger partial charge in [0.1, 0.15) is 17.6 Å². The van der Waals surface area contributed by atoms with Crippen molar-refractivity contribution >= 4 is 50.5 Å². The zero-order valence-corrected chi connectivity index (χ0v) is 14.3. The highest BCUT2D eigenvalue weighted by molar-refractivity contribution is 9.10. The van der Waals surface area contributed by atoms with Gasteiger partial charge in [-0.1, -0.05) is 30.3 Å². The number of nitrogens with zero attached hydrogens (tertiary/aromatic N) is 4. The molecular formula is C14H11BrClN5O2. The Morgan fingerprint density at radius 1 is 1.35 bits per heavy atom. The molecule has 0 radical (unpaired) electrons. The fourth-order valence-corrected chi connectivity index (χ4v) is 2.73. The number of amides is 1. The van der Waals surface area contributed by atoms with Crippen molar-refractivity contribution in [2.75, 3.05) is 5.32 Å². The molecular weight excluding hydrogens is 386 g/mol. The summed E-state index contributed by atoms with van der Waals surface area (Å²) in [6.45, 7) is 0.156. The molecule has 9 heteroatoms. The molecule has 23 heavy (non-hydrogen) atoms. The Balaban J connectivity index is 1.79. The molecule has 7 nitrogen and oxygen atoms in total. The van der Waals surface area contributed by atoms with Gasteiger partial charge in [-0.3, -0.25) is 10.00 Å². The minimum atomic E-state index is -0.637. The summed E-state index contributed by atoms with van der Waals surface area (Å²) < 4.78 is 7.23. The average Bonchev–Trinajstić information content (AvgIpc) is 2.81. The topological polar surface area (TPSA) is 81.9 Å². The lowest BCUT2D eigenvalue weighted by atomic mass is 10.2. The first-order chi connectivity index (χ1) is 11.0. The highest BCUT2D eigenvalue weighted by Crippen LogP contribution is 2.27. The maximum Gasteiger partial charge on any atom is 0.413 e. The first kappa shape index (κ1) is 15.7. The molecule has 3 rings (SSSR count). The quantitative estimate of drug-likeness (QED) is 0.685. The summed E-state index contributed by atoms with van der Waals surface area (Å²) in [5.74, 6) is 0.235. The maximum atomic E-state index is 12.0. The molecule has 1 aromatic carbocycles. The Morgan fingerprint density at radius 2 is 2.09 bits per heavy atom. The third kappa shape index (κ3) is 3.43. The number of carbonyl (C=O) groups is 1. The molecule has 1 amide bonds. The van der Waals surface area contributed by atoms with Gasteiger partial charge in [-0.15, -0.1) is 0 Å². The molecule has 0 fully saturated rings. The molecule has 2 heterocycles. The molecule has 0 spiro atoms. The van der Waals surface area contributed by atoms with Gasteiger partial charge in [-0.2, -0.15) is 10.1 Å². The molecule has 0 aliphatic heterocycles. The number of hydrogen-bond donors (Lipinski definition) is 1. The fourth-order valence-electron chi connectivity index (χ4n) is 2.05. The van der Waals surface area contributed by atoms with Gasteiger partial charge in [0.05, 0.1) is 0 Å². The number of rotatable bonds is 3. The van der Waals surface area contributed by atoms with Gasteiger partial charge in [0.2, 0.25) is 5.28 Å². The number of hydrogen-bond acceptors (Lipinski definition) is 5. The molecule has 0 saturated heterocycles. The van der Waals surface area contributed by atoms with E-state index in [-0.39, 0.29) is 17.7 Å². The van der Waals surface area contributed by atoms with Crippen LogP contribution in [0.4, 0.5) is 10.6 Å². The molecule has 2 aromatic heterocycles. The van der Waals surface area contributed by atoms with Crippen molar-refractivity contribution in [1.82, 2.24) is 19.7 Å². The number of ether oxygens (including phenoxy) is 1. The Hall–Kier alpha value is -2.19. The molecule has 1 N–H and O–H groups in total. The van der Waals surface area contributed by atoms with E-state index in [0.717, 1.165) is 5.56 Å². The van der Waals surface area contributed by atoms with Gasteiger partial charge in [-0.25, -0.2) is 9.78 Å². The number of halogens is 2. The normalized spacial score (nSPS) is 10.7. The van der Waals surface area contributed by atoms with Crippen LogP contribution in [0.15, 0.2) is 34.9 Å². The first-order valence-electron chi connectivity index (χ1n) is 6.58. The number of fused-ring (bicyclic) bond motifs is 1. The summed E-state index contributed by atoms with van der Waals surface area (Å²) in [5, 5.41) is 6.75. The van der Waals surface area contributed by atoms with Crippen LogP contribution in [0.3, 0.4) is 0 Å². The lowest BCUT2D eigenvalue weighted by molar-refractivity contribution is 0.155. The zero-order chi connectivity index (χ0) is 16.4. The zero-order valence-electron chi connectivity index (χ0n) is 12.0. The van der Waals surface area contributed by atoms with E-state index in [0.29, 0.717) is 15.6 Å². The Kier molecular flexibility index (Phi) is 4.44. The van der Waals surface area contributed by atoms with E-state index < -0.39 is 6.09 Å². The minimum absolute atomic E-state index is 0.00422. The molecule has 118 valence electrons. The van der Waals surface area contributed by atoms with Crippen molar-refractivity contribution in [2.24, 2.45) is 7.05 Å². The second kappa shape index (κ2) is 6.51. The van der Waals surface area contributed by atoms with E-state index in [1.807, 2.05) is 30.3 Å². The predicted molar refractivity (Wildman–Crippen MR) is 89.3 cm³/mol. The van der Waals surface area contributed by atoms with Crippen LogP contribution in [0.2, 0.25) is 5.28 Å². The first-order valence-corrected chi connectivity index (χ1v) is 7.75. The van der Waals surface area contributed by atoms with E-state index >= 15 is 0 Å². The van der Waals surface area contributed by atoms with Gasteiger partial charge in [0.25, 0.3) is 0 Å². The highest BCUT2D eigenvalue weighted by atomic mass is 79.9. The van der Waals surface area contributed by atoms with E-state index in [1.165, 1.54) is 0 Å². The number of benzene rings is 1. The Labute approximate surface area is 144 Å².